The molecule has 0 radical (unpaired) electrons. The number of hydrogen-bond acceptors (Lipinski definition) is 5. The third-order valence-corrected chi connectivity index (χ3v) is 29.4. The summed E-state index contributed by atoms with van der Waals surface area (Å²) < 4.78 is 192. The number of rotatable bonds is 11. The fourth-order valence-corrected chi connectivity index (χ4v) is 21.7. The van der Waals surface area contributed by atoms with Gasteiger partial charge >= 0.3 is 30.9 Å². The Morgan fingerprint density at radius 3 is 0.914 bits per heavy atom. The Bertz CT molecular complexity index is 7650. The first-order valence-corrected chi connectivity index (χ1v) is 47.0. The van der Waals surface area contributed by atoms with Gasteiger partial charge in [0.2, 0.25) is 0 Å². The Hall–Kier alpha value is -14.5. The highest BCUT2D eigenvalue weighted by Crippen LogP contribution is 2.57. The quantitative estimate of drug-likeness (QED) is 0.0945. The number of benzene rings is 17. The summed E-state index contributed by atoms with van der Waals surface area (Å²) in [6.45, 7) is 14.9. The van der Waals surface area contributed by atoms with Gasteiger partial charge in [-0.15, -0.1) is 0 Å². The lowest BCUT2D eigenvalue weighted by Crippen LogP contribution is -2.16. The molecule has 0 bridgehead atoms. The molecule has 3 aliphatic carbocycles. The zero-order valence-corrected chi connectivity index (χ0v) is 79.8. The molecule has 17 aromatic carbocycles. The van der Waals surface area contributed by atoms with Crippen LogP contribution in [0.5, 0.6) is 0 Å². The van der Waals surface area contributed by atoms with E-state index in [0.717, 1.165) is 136 Å². The largest absolute Gasteiger partial charge is 0.416 e. The average Bonchev–Trinajstić information content (AvgIpc) is 1.57. The van der Waals surface area contributed by atoms with Crippen molar-refractivity contribution in [1.29, 1.82) is 0 Å². The molecule has 0 saturated heterocycles. The highest BCUT2D eigenvalue weighted by molar-refractivity contribution is 7.68. The normalized spacial score (nSPS) is 12.9. The molecule has 3 aliphatic rings. The lowest BCUT2D eigenvalue weighted by molar-refractivity contribution is -0.138. The van der Waals surface area contributed by atoms with E-state index in [9.17, 15) is 65.9 Å². The van der Waals surface area contributed by atoms with Crippen molar-refractivity contribution >= 4 is 107 Å². The van der Waals surface area contributed by atoms with Crippen LogP contribution in [-0.4, -0.2) is 35.2 Å². The first-order chi connectivity index (χ1) is 66.4. The number of aryl methyl sites for hydroxylation is 7. The first-order valence-electron chi connectivity index (χ1n) is 45.7. The van der Waals surface area contributed by atoms with E-state index in [4.69, 9.17) is 0 Å². The smallest absolute Gasteiger partial charge is 0.345 e. The summed E-state index contributed by atoms with van der Waals surface area (Å²) in [6.07, 6.45) is -18.7. The fourth-order valence-electron chi connectivity index (χ4n) is 19.0. The summed E-state index contributed by atoms with van der Waals surface area (Å²) in [5, 5.41) is 11.1. The van der Waals surface area contributed by atoms with Crippen molar-refractivity contribution in [2.24, 2.45) is 0 Å². The summed E-state index contributed by atoms with van der Waals surface area (Å²) in [6, 6.07) is 105. The second-order valence-corrected chi connectivity index (χ2v) is 38.8. The van der Waals surface area contributed by atoms with Gasteiger partial charge in [0.15, 0.2) is 0 Å². The van der Waals surface area contributed by atoms with Crippen molar-refractivity contribution in [1.82, 2.24) is 0 Å². The molecule has 0 N–H and O–H groups in total. The second-order valence-electron chi connectivity index (χ2n) is 36.7. The Labute approximate surface area is 805 Å². The number of anilines is 10. The third-order valence-electron chi connectivity index (χ3n) is 26.9. The highest BCUT2D eigenvalue weighted by Gasteiger charge is 2.38. The van der Waals surface area contributed by atoms with Crippen LogP contribution in [0.1, 0.15) is 103 Å². The van der Waals surface area contributed by atoms with Crippen LogP contribution in [-0.2, 0) is 55.6 Å². The van der Waals surface area contributed by atoms with Gasteiger partial charge in [0, 0.05) is 108 Å². The summed E-state index contributed by atoms with van der Waals surface area (Å²) in [5.74, 6) is 0. The van der Waals surface area contributed by atoms with Crippen molar-refractivity contribution in [3.05, 3.63) is 435 Å². The number of alkyl halides is 15. The fraction of sp³-hybridized carbons (Fsp3) is 0.176. The molecular formula is C119H99F15N5P. The van der Waals surface area contributed by atoms with Gasteiger partial charge in [0.05, 0.1) is 27.8 Å². The van der Waals surface area contributed by atoms with Crippen LogP contribution in [0.15, 0.2) is 346 Å². The lowest BCUT2D eigenvalue weighted by Gasteiger charge is -2.25. The van der Waals surface area contributed by atoms with Crippen molar-refractivity contribution < 1.29 is 65.9 Å². The predicted molar refractivity (Wildman–Crippen MR) is 546 cm³/mol. The number of nitrogens with zero attached hydrogens (tertiary/aromatic N) is 5. The zero-order chi connectivity index (χ0) is 99.6. The Kier molecular flexibility index (Phi) is 26.6. The van der Waals surface area contributed by atoms with Crippen LogP contribution < -0.4 is 24.5 Å². The molecule has 140 heavy (non-hydrogen) atoms. The second kappa shape index (κ2) is 38.4. The van der Waals surface area contributed by atoms with Gasteiger partial charge < -0.3 is 24.5 Å². The number of fused-ring (bicyclic) bond motifs is 15. The summed E-state index contributed by atoms with van der Waals surface area (Å²) in [4.78, 5) is 9.58. The molecule has 21 heteroatoms. The molecule has 1 unspecified atom stereocenters. The van der Waals surface area contributed by atoms with Crippen LogP contribution in [0.4, 0.5) is 123 Å². The van der Waals surface area contributed by atoms with Gasteiger partial charge in [-0.1, -0.05) is 207 Å². The molecule has 0 aliphatic heterocycles. The van der Waals surface area contributed by atoms with Crippen molar-refractivity contribution in [3.8, 4) is 38.7 Å². The van der Waals surface area contributed by atoms with E-state index in [1.165, 1.54) is 192 Å². The average molecular weight is 1920 g/mol. The maximum atomic E-state index is 12.9. The van der Waals surface area contributed by atoms with E-state index in [0.29, 0.717) is 11.4 Å². The summed E-state index contributed by atoms with van der Waals surface area (Å²) in [7, 11) is 8.68. The van der Waals surface area contributed by atoms with Gasteiger partial charge in [-0.2, -0.15) is 65.9 Å². The molecule has 710 valence electrons. The van der Waals surface area contributed by atoms with Gasteiger partial charge in [-0.25, -0.2) is 0 Å². The first kappa shape index (κ1) is 97.2. The van der Waals surface area contributed by atoms with Crippen molar-refractivity contribution in [2.45, 2.75) is 104 Å². The maximum Gasteiger partial charge on any atom is 0.416 e. The maximum absolute atomic E-state index is 12.9. The van der Waals surface area contributed by atoms with Crippen molar-refractivity contribution in [3.63, 3.8) is 0 Å². The van der Waals surface area contributed by atoms with E-state index in [-0.39, 0.29) is 5.41 Å². The van der Waals surface area contributed by atoms with E-state index in [1.54, 1.807) is 0 Å². The van der Waals surface area contributed by atoms with E-state index >= 15 is 0 Å². The number of halogens is 15. The Balaban J connectivity index is 0.000000121. The molecular weight excluding hydrogens is 1820 g/mol. The third kappa shape index (κ3) is 20.4. The van der Waals surface area contributed by atoms with E-state index < -0.39 is 66.2 Å². The molecule has 0 saturated carbocycles. The van der Waals surface area contributed by atoms with Gasteiger partial charge in [0.25, 0.3) is 0 Å². The van der Waals surface area contributed by atoms with Crippen LogP contribution >= 0.6 is 7.53 Å². The molecule has 1 heterocycles. The molecule has 21 rings (SSSR count). The Morgan fingerprint density at radius 1 is 0.229 bits per heavy atom. The highest BCUT2D eigenvalue weighted by atomic mass is 31.1. The van der Waals surface area contributed by atoms with E-state index in [1.807, 2.05) is 96.1 Å². The van der Waals surface area contributed by atoms with Gasteiger partial charge in [-0.3, -0.25) is 0 Å². The SMILES string of the molecule is Cc1ccc2c(c1)C(C)(C)c1cc(N(C)c3ccc(C(F)(F)F)cc3)ccc1-2.Cc1ccc2c(c1)CCc1cc(N(C)c3ccc(C(F)(F)F)cc3)ccc1-2.Cc1ccc2c(c1)Cc1cc(N(C)c3ccc(C(F)(F)F)cc3)ccc1-2.Cc1ccc2c(ccc3cc(N(C)c4ccc(C(F)(F)F)cc4)ccc32)c1.Cc1ccc2c3ccc(N(C)c4ccc(C(F)(F)F)cc4)cc3p(-c3ccccc3)c2c1. The zero-order valence-electron chi connectivity index (χ0n) is 78.9. The predicted octanol–water partition coefficient (Wildman–Crippen LogP) is 36.1. The van der Waals surface area contributed by atoms with Crippen LogP contribution in [0.3, 0.4) is 0 Å². The Morgan fingerprint density at radius 2 is 0.493 bits per heavy atom. The molecule has 0 amide bonds. The van der Waals surface area contributed by atoms with Crippen LogP contribution in [0.2, 0.25) is 0 Å². The van der Waals surface area contributed by atoms with Crippen molar-refractivity contribution in [2.75, 3.05) is 59.7 Å². The molecule has 0 spiro atoms. The molecule has 5 nitrogen and oxygen atoms in total. The van der Waals surface area contributed by atoms with Gasteiger partial charge in [0.1, 0.15) is 0 Å². The monoisotopic (exact) mass is 1910 g/mol. The molecule has 0 fully saturated rings. The minimum absolute atomic E-state index is 0.117. The van der Waals surface area contributed by atoms with Gasteiger partial charge in [-0.05, 0) is 346 Å². The molecule has 1 atom stereocenters. The minimum Gasteiger partial charge on any atom is -0.345 e. The minimum atomic E-state index is -4.33. The van der Waals surface area contributed by atoms with Crippen LogP contribution in [0, 0.1) is 34.6 Å². The van der Waals surface area contributed by atoms with E-state index in [2.05, 4.69) is 237 Å². The number of hydrogen-bond donors (Lipinski definition) is 0. The molecule has 1 aromatic heterocycles. The summed E-state index contributed by atoms with van der Waals surface area (Å²) in [5.41, 5.74) is 26.6. The lowest BCUT2D eigenvalue weighted by atomic mass is 9.82. The topological polar surface area (TPSA) is 16.2 Å². The van der Waals surface area contributed by atoms with Crippen LogP contribution in [0.25, 0.3) is 81.2 Å². The molecule has 18 aromatic rings. The standard InChI is InChI=1S/C27H21F3NP.C24H22F3N.C23H20F3N.C23H18F3N.C22H18F3N/c1-18-8-14-23-24-15-13-21(31(2)20-11-9-19(10-12-20)27(28,29)30)17-26(24)32(25(23)16-18)22-6-4-3-5-7-22;1-15-5-11-19-20-12-10-18(14-22(20)23(2,3)21(19)13-15)28(4)17-8-6-16(7-9-17)24(25,26)27;2*1-15-3-11-21-16(13-15)4-5-17-14-20(10-12-22(17)21)27(2)19-8-6-18(7-9-19)23(24,25)26;1-14-3-9-20-15(11-14)12-16-13-19(8-10-21(16)20)26(2)18-6-4-17(5-7-18)22(23,24)25/h3-17H,1-2H3;5-14H,1-4H3;3,6-14H,4-5H2,1-2H3;3-14H,1-2H3;3-11,13H,12H2,1-2H3. The summed E-state index contributed by atoms with van der Waals surface area (Å²) >= 11 is 0.